The molecule has 2 aromatic heterocycles. The maximum atomic E-state index is 12.4. The number of anilines is 1. The highest BCUT2D eigenvalue weighted by Gasteiger charge is 2.17. The van der Waals surface area contributed by atoms with Gasteiger partial charge in [0.2, 0.25) is 0 Å². The quantitative estimate of drug-likeness (QED) is 0.614. The predicted molar refractivity (Wildman–Crippen MR) is 101 cm³/mol. The minimum Gasteiger partial charge on any atom is -0.497 e. The number of halogens is 2. The van der Waals surface area contributed by atoms with Gasteiger partial charge in [0.05, 0.1) is 14.2 Å². The molecule has 27 heavy (non-hydrogen) atoms. The fourth-order valence-electron chi connectivity index (χ4n) is 2.43. The number of amides is 1. The molecule has 0 radical (unpaired) electrons. The molecule has 0 aliphatic heterocycles. The highest BCUT2D eigenvalue weighted by Crippen LogP contribution is 2.28. The number of rotatable bonds is 6. The third-order valence-corrected chi connectivity index (χ3v) is 4.30. The Hall–Kier alpha value is -2.77. The van der Waals surface area contributed by atoms with E-state index >= 15 is 0 Å². The zero-order valence-electron chi connectivity index (χ0n) is 14.5. The van der Waals surface area contributed by atoms with Crippen molar-refractivity contribution in [2.45, 2.75) is 6.42 Å². The van der Waals surface area contributed by atoms with Crippen molar-refractivity contribution in [3.05, 3.63) is 64.0 Å². The first-order valence-corrected chi connectivity index (χ1v) is 8.54. The molecule has 0 bridgehead atoms. The van der Waals surface area contributed by atoms with Crippen molar-refractivity contribution in [3.63, 3.8) is 0 Å². The van der Waals surface area contributed by atoms with Crippen LogP contribution < -0.4 is 14.8 Å². The largest absolute Gasteiger partial charge is 0.497 e. The topological polar surface area (TPSA) is 86.5 Å². The monoisotopic (exact) mass is 407 g/mol. The third-order valence-electron chi connectivity index (χ3n) is 3.73. The first kappa shape index (κ1) is 19.0. The smallest absolute Gasteiger partial charge is 0.291 e. The van der Waals surface area contributed by atoms with Crippen LogP contribution in [-0.2, 0) is 6.42 Å². The molecule has 0 unspecified atom stereocenters. The molecule has 1 amide bonds. The summed E-state index contributed by atoms with van der Waals surface area (Å²) >= 11 is 11.9. The van der Waals surface area contributed by atoms with E-state index in [1.165, 1.54) is 6.33 Å². The van der Waals surface area contributed by atoms with Crippen molar-refractivity contribution in [1.82, 2.24) is 9.97 Å². The highest BCUT2D eigenvalue weighted by molar-refractivity contribution is 6.38. The summed E-state index contributed by atoms with van der Waals surface area (Å²) in [6, 6.07) is 8.73. The van der Waals surface area contributed by atoms with Gasteiger partial charge in [-0.3, -0.25) is 4.79 Å². The summed E-state index contributed by atoms with van der Waals surface area (Å²) in [5.74, 6) is 1.55. The Morgan fingerprint density at radius 3 is 2.52 bits per heavy atom. The normalized spacial score (nSPS) is 10.5. The standard InChI is InChI=1S/C18H15Cl2N3O4/c1-25-11-3-5-13(26-2)10(7-11)8-12-4-6-14(27-12)18(24)23-15-16(19)21-9-22-17(15)20/h3-7,9H,8H2,1-2H3,(H,23,24). The fourth-order valence-corrected chi connectivity index (χ4v) is 2.83. The Labute approximate surface area is 165 Å². The molecule has 0 aliphatic carbocycles. The summed E-state index contributed by atoms with van der Waals surface area (Å²) in [5.41, 5.74) is 0.985. The molecule has 0 aliphatic rings. The summed E-state index contributed by atoms with van der Waals surface area (Å²) < 4.78 is 16.2. The number of hydrogen-bond acceptors (Lipinski definition) is 6. The lowest BCUT2D eigenvalue weighted by molar-refractivity contribution is 0.0995. The maximum Gasteiger partial charge on any atom is 0.291 e. The van der Waals surface area contributed by atoms with Crippen molar-refractivity contribution >= 4 is 34.8 Å². The minimum absolute atomic E-state index is 0.0382. The molecule has 2 heterocycles. The Balaban J connectivity index is 1.78. The fraction of sp³-hybridized carbons (Fsp3) is 0.167. The average molecular weight is 408 g/mol. The molecule has 1 aromatic carbocycles. The summed E-state index contributed by atoms with van der Waals surface area (Å²) in [6.07, 6.45) is 1.62. The van der Waals surface area contributed by atoms with E-state index < -0.39 is 5.91 Å². The number of carbonyl (C=O) groups excluding carboxylic acids is 1. The minimum atomic E-state index is -0.516. The first-order valence-electron chi connectivity index (χ1n) is 7.78. The van der Waals surface area contributed by atoms with Gasteiger partial charge in [0, 0.05) is 12.0 Å². The van der Waals surface area contributed by atoms with Gasteiger partial charge in [0.1, 0.15) is 29.3 Å². The van der Waals surface area contributed by atoms with Crippen LogP contribution in [0.2, 0.25) is 10.3 Å². The molecule has 0 saturated carbocycles. The third kappa shape index (κ3) is 4.32. The van der Waals surface area contributed by atoms with Gasteiger partial charge < -0.3 is 19.2 Å². The summed E-state index contributed by atoms with van der Waals surface area (Å²) in [5, 5.41) is 2.62. The Morgan fingerprint density at radius 1 is 1.11 bits per heavy atom. The second-order valence-corrected chi connectivity index (χ2v) is 6.12. The van der Waals surface area contributed by atoms with Gasteiger partial charge in [-0.2, -0.15) is 0 Å². The van der Waals surface area contributed by atoms with E-state index in [0.29, 0.717) is 23.7 Å². The van der Waals surface area contributed by atoms with Crippen molar-refractivity contribution in [2.75, 3.05) is 19.5 Å². The number of aromatic nitrogens is 2. The van der Waals surface area contributed by atoms with E-state index in [0.717, 1.165) is 5.56 Å². The molecule has 3 aromatic rings. The second kappa shape index (κ2) is 8.28. The molecule has 1 N–H and O–H groups in total. The van der Waals surface area contributed by atoms with Gasteiger partial charge in [-0.05, 0) is 30.3 Å². The van der Waals surface area contributed by atoms with Crippen LogP contribution in [0.5, 0.6) is 11.5 Å². The highest BCUT2D eigenvalue weighted by atomic mass is 35.5. The van der Waals surface area contributed by atoms with E-state index in [1.54, 1.807) is 32.4 Å². The Morgan fingerprint density at radius 2 is 1.85 bits per heavy atom. The average Bonchev–Trinajstić information content (AvgIpc) is 3.13. The molecular weight excluding hydrogens is 393 g/mol. The van der Waals surface area contributed by atoms with E-state index in [-0.39, 0.29) is 21.8 Å². The summed E-state index contributed by atoms with van der Waals surface area (Å²) in [4.78, 5) is 19.9. The molecule has 0 atom stereocenters. The van der Waals surface area contributed by atoms with Gasteiger partial charge >= 0.3 is 0 Å². The van der Waals surface area contributed by atoms with E-state index in [1.807, 2.05) is 12.1 Å². The van der Waals surface area contributed by atoms with Crippen molar-refractivity contribution in [3.8, 4) is 11.5 Å². The lowest BCUT2D eigenvalue weighted by Crippen LogP contribution is -2.12. The van der Waals surface area contributed by atoms with Crippen LogP contribution >= 0.6 is 23.2 Å². The molecule has 7 nitrogen and oxygen atoms in total. The first-order chi connectivity index (χ1) is 13.0. The van der Waals surface area contributed by atoms with Crippen molar-refractivity contribution in [2.24, 2.45) is 0 Å². The number of furan rings is 1. The van der Waals surface area contributed by atoms with Gasteiger partial charge in [0.25, 0.3) is 5.91 Å². The van der Waals surface area contributed by atoms with E-state index in [9.17, 15) is 4.79 Å². The van der Waals surface area contributed by atoms with Gasteiger partial charge in [-0.1, -0.05) is 23.2 Å². The number of nitrogens with one attached hydrogen (secondary N) is 1. The van der Waals surface area contributed by atoms with Gasteiger partial charge in [0.15, 0.2) is 16.1 Å². The van der Waals surface area contributed by atoms with Gasteiger partial charge in [-0.15, -0.1) is 0 Å². The molecule has 3 rings (SSSR count). The van der Waals surface area contributed by atoms with E-state index in [2.05, 4.69) is 15.3 Å². The van der Waals surface area contributed by atoms with Crippen LogP contribution in [0.25, 0.3) is 0 Å². The lowest BCUT2D eigenvalue weighted by Gasteiger charge is -2.09. The van der Waals surface area contributed by atoms with Crippen LogP contribution in [0, 0.1) is 0 Å². The van der Waals surface area contributed by atoms with Crippen LogP contribution in [-0.4, -0.2) is 30.1 Å². The van der Waals surface area contributed by atoms with Gasteiger partial charge in [-0.25, -0.2) is 9.97 Å². The van der Waals surface area contributed by atoms with Crippen molar-refractivity contribution in [1.29, 1.82) is 0 Å². The molecule has 9 heteroatoms. The lowest BCUT2D eigenvalue weighted by atomic mass is 10.1. The van der Waals surface area contributed by atoms with E-state index in [4.69, 9.17) is 37.1 Å². The molecular formula is C18H15Cl2N3O4. The van der Waals surface area contributed by atoms with Crippen molar-refractivity contribution < 1.29 is 18.7 Å². The summed E-state index contributed by atoms with van der Waals surface area (Å²) in [6.45, 7) is 0. The number of carbonyl (C=O) groups is 1. The molecule has 0 fully saturated rings. The Kier molecular flexibility index (Phi) is 5.83. The van der Waals surface area contributed by atoms with Crippen LogP contribution in [0.4, 0.5) is 5.69 Å². The number of nitrogens with zero attached hydrogens (tertiary/aromatic N) is 2. The predicted octanol–water partition coefficient (Wildman–Crippen LogP) is 4.24. The SMILES string of the molecule is COc1ccc(OC)c(Cc2ccc(C(=O)Nc3c(Cl)ncnc3Cl)o2)c1. The Bertz CT molecular complexity index is 955. The van der Waals surface area contributed by atoms with Crippen LogP contribution in [0.1, 0.15) is 21.9 Å². The maximum absolute atomic E-state index is 12.4. The molecule has 140 valence electrons. The zero-order valence-corrected chi connectivity index (χ0v) is 16.0. The summed E-state index contributed by atoms with van der Waals surface area (Å²) in [7, 11) is 3.17. The number of hydrogen-bond donors (Lipinski definition) is 1. The van der Waals surface area contributed by atoms with Crippen LogP contribution in [0.15, 0.2) is 41.1 Å². The number of methoxy groups -OCH3 is 2. The van der Waals surface area contributed by atoms with Crippen LogP contribution in [0.3, 0.4) is 0 Å². The molecule has 0 spiro atoms. The zero-order chi connectivity index (χ0) is 19.4. The number of ether oxygens (including phenoxy) is 2. The molecule has 0 saturated heterocycles. The second-order valence-electron chi connectivity index (χ2n) is 5.40. The number of benzene rings is 1.